The number of hydrogen-bond donors (Lipinski definition) is 2. The Bertz CT molecular complexity index is 534. The van der Waals surface area contributed by atoms with Crippen LogP contribution >= 0.6 is 24.0 Å². The molecule has 1 fully saturated rings. The van der Waals surface area contributed by atoms with Crippen molar-refractivity contribution in [1.29, 1.82) is 0 Å². The summed E-state index contributed by atoms with van der Waals surface area (Å²) in [6, 6.07) is 4.86. The molecule has 1 aliphatic heterocycles. The van der Waals surface area contributed by atoms with E-state index >= 15 is 0 Å². The van der Waals surface area contributed by atoms with Crippen LogP contribution in [0, 0.1) is 0 Å². The number of rotatable bonds is 4. The van der Waals surface area contributed by atoms with E-state index in [9.17, 15) is 9.59 Å². The van der Waals surface area contributed by atoms with Crippen molar-refractivity contribution in [3.8, 4) is 0 Å². The van der Waals surface area contributed by atoms with E-state index in [1.54, 1.807) is 23.1 Å². The van der Waals surface area contributed by atoms with Crippen LogP contribution in [0.25, 0.3) is 0 Å². The summed E-state index contributed by atoms with van der Waals surface area (Å²) in [5.74, 6) is -0.302. The Hall–Kier alpha value is -1.34. The second kappa shape index (κ2) is 8.95. The molecule has 0 bridgehead atoms. The van der Waals surface area contributed by atoms with Crippen molar-refractivity contribution in [3.63, 3.8) is 0 Å². The maximum Gasteiger partial charge on any atom is 0.255 e. The van der Waals surface area contributed by atoms with Crippen LogP contribution in [-0.2, 0) is 9.53 Å². The first-order valence-electron chi connectivity index (χ1n) is 6.78. The first-order valence-corrected chi connectivity index (χ1v) is 7.16. The van der Waals surface area contributed by atoms with E-state index in [0.717, 1.165) is 0 Å². The smallest absolute Gasteiger partial charge is 0.255 e. The Labute approximate surface area is 140 Å². The highest BCUT2D eigenvalue weighted by atomic mass is 35.5. The first kappa shape index (κ1) is 18.7. The van der Waals surface area contributed by atoms with Gasteiger partial charge in [0.2, 0.25) is 5.91 Å². The van der Waals surface area contributed by atoms with Crippen molar-refractivity contribution >= 4 is 41.5 Å². The third-order valence-corrected chi connectivity index (χ3v) is 3.47. The maximum absolute atomic E-state index is 12.3. The standard InChI is InChI=1S/C14H18ClN3O3.ClH/c15-12-9-10(17-13(19)3-4-16)1-2-11(12)14(20)18-5-7-21-8-6-18;/h1-2,9H,3-8,16H2,(H,17,19);1H. The predicted octanol–water partition coefficient (Wildman–Crippen LogP) is 1.52. The molecule has 122 valence electrons. The molecular formula is C14H19Cl2N3O3. The lowest BCUT2D eigenvalue weighted by atomic mass is 10.1. The van der Waals surface area contributed by atoms with Crippen LogP contribution in [0.4, 0.5) is 5.69 Å². The molecule has 1 aromatic carbocycles. The summed E-state index contributed by atoms with van der Waals surface area (Å²) in [5.41, 5.74) is 6.29. The van der Waals surface area contributed by atoms with Crippen LogP contribution in [0.15, 0.2) is 18.2 Å². The number of nitrogens with one attached hydrogen (secondary N) is 1. The van der Waals surface area contributed by atoms with Crippen molar-refractivity contribution in [3.05, 3.63) is 28.8 Å². The lowest BCUT2D eigenvalue weighted by Crippen LogP contribution is -2.40. The van der Waals surface area contributed by atoms with Gasteiger partial charge in [-0.25, -0.2) is 0 Å². The summed E-state index contributed by atoms with van der Waals surface area (Å²) in [4.78, 5) is 25.5. The molecule has 1 heterocycles. The molecule has 8 heteroatoms. The van der Waals surface area contributed by atoms with Gasteiger partial charge in [0.25, 0.3) is 5.91 Å². The van der Waals surface area contributed by atoms with Crippen LogP contribution in [0.5, 0.6) is 0 Å². The molecule has 6 nitrogen and oxygen atoms in total. The summed E-state index contributed by atoms with van der Waals surface area (Å²) in [7, 11) is 0. The number of nitrogens with zero attached hydrogens (tertiary/aromatic N) is 1. The molecule has 0 saturated carbocycles. The van der Waals surface area contributed by atoms with Gasteiger partial charge in [0, 0.05) is 31.7 Å². The number of benzene rings is 1. The van der Waals surface area contributed by atoms with Crippen molar-refractivity contribution < 1.29 is 14.3 Å². The fourth-order valence-electron chi connectivity index (χ4n) is 2.06. The molecule has 1 aromatic rings. The average Bonchev–Trinajstić information content (AvgIpc) is 2.48. The number of halogens is 2. The van der Waals surface area contributed by atoms with Crippen molar-refractivity contribution in [2.45, 2.75) is 6.42 Å². The monoisotopic (exact) mass is 347 g/mol. The molecule has 0 spiro atoms. The van der Waals surface area contributed by atoms with E-state index in [2.05, 4.69) is 5.32 Å². The largest absolute Gasteiger partial charge is 0.378 e. The summed E-state index contributed by atoms with van der Waals surface area (Å²) in [5, 5.41) is 3.00. The van der Waals surface area contributed by atoms with E-state index in [1.165, 1.54) is 0 Å². The van der Waals surface area contributed by atoms with Crippen molar-refractivity contribution in [2.24, 2.45) is 5.73 Å². The molecule has 0 aromatic heterocycles. The zero-order valence-electron chi connectivity index (χ0n) is 12.0. The number of hydrogen-bond acceptors (Lipinski definition) is 4. The minimum atomic E-state index is -0.180. The number of carbonyl (C=O) groups excluding carboxylic acids is 2. The van der Waals surface area contributed by atoms with E-state index in [1.807, 2.05) is 0 Å². The second-order valence-corrected chi connectivity index (χ2v) is 5.09. The molecule has 3 N–H and O–H groups in total. The lowest BCUT2D eigenvalue weighted by Gasteiger charge is -2.27. The molecule has 0 aliphatic carbocycles. The molecule has 22 heavy (non-hydrogen) atoms. The Morgan fingerprint density at radius 1 is 1.32 bits per heavy atom. The normalized spacial score (nSPS) is 14.2. The Morgan fingerprint density at radius 3 is 2.59 bits per heavy atom. The second-order valence-electron chi connectivity index (χ2n) is 4.69. The van der Waals surface area contributed by atoms with Crippen LogP contribution in [-0.4, -0.2) is 49.6 Å². The van der Waals surface area contributed by atoms with Gasteiger partial charge >= 0.3 is 0 Å². The van der Waals surface area contributed by atoms with Gasteiger partial charge in [-0.05, 0) is 18.2 Å². The van der Waals surface area contributed by atoms with Crippen molar-refractivity contribution in [2.75, 3.05) is 38.2 Å². The quantitative estimate of drug-likeness (QED) is 0.864. The molecule has 0 radical (unpaired) electrons. The lowest BCUT2D eigenvalue weighted by molar-refractivity contribution is -0.116. The SMILES string of the molecule is Cl.NCCC(=O)Nc1ccc(C(=O)N2CCOCC2)c(Cl)c1. The van der Waals surface area contributed by atoms with Crippen LogP contribution in [0.3, 0.4) is 0 Å². The average molecular weight is 348 g/mol. The Kier molecular flexibility index (Phi) is 7.61. The minimum Gasteiger partial charge on any atom is -0.378 e. The third-order valence-electron chi connectivity index (χ3n) is 3.15. The van der Waals surface area contributed by atoms with Gasteiger partial charge in [-0.15, -0.1) is 12.4 Å². The molecule has 2 amide bonds. The fourth-order valence-corrected chi connectivity index (χ4v) is 2.32. The number of morpholine rings is 1. The minimum absolute atomic E-state index is 0. The van der Waals surface area contributed by atoms with Gasteiger partial charge in [-0.1, -0.05) is 11.6 Å². The highest BCUT2D eigenvalue weighted by Crippen LogP contribution is 2.23. The number of carbonyl (C=O) groups is 2. The fraction of sp³-hybridized carbons (Fsp3) is 0.429. The molecular weight excluding hydrogens is 329 g/mol. The molecule has 0 unspecified atom stereocenters. The highest BCUT2D eigenvalue weighted by Gasteiger charge is 2.20. The Balaban J connectivity index is 0.00000242. The van der Waals surface area contributed by atoms with Gasteiger partial charge in [0.15, 0.2) is 0 Å². The first-order chi connectivity index (χ1) is 10.1. The molecule has 1 aliphatic rings. The zero-order valence-corrected chi connectivity index (χ0v) is 13.6. The van der Waals surface area contributed by atoms with Crippen LogP contribution in [0.1, 0.15) is 16.8 Å². The highest BCUT2D eigenvalue weighted by molar-refractivity contribution is 6.34. The van der Waals surface area contributed by atoms with Crippen molar-refractivity contribution in [1.82, 2.24) is 4.90 Å². The van der Waals surface area contributed by atoms with Crippen LogP contribution in [0.2, 0.25) is 5.02 Å². The topological polar surface area (TPSA) is 84.7 Å². The number of ether oxygens (including phenoxy) is 1. The van der Waals surface area contributed by atoms with E-state index < -0.39 is 0 Å². The van der Waals surface area contributed by atoms with Gasteiger partial charge in [0.05, 0.1) is 23.8 Å². The zero-order chi connectivity index (χ0) is 15.2. The summed E-state index contributed by atoms with van der Waals surface area (Å²) in [6.07, 6.45) is 0.242. The van der Waals surface area contributed by atoms with E-state index in [4.69, 9.17) is 22.1 Å². The van der Waals surface area contributed by atoms with E-state index in [-0.39, 0.29) is 37.2 Å². The molecule has 0 atom stereocenters. The Morgan fingerprint density at radius 2 is 2.00 bits per heavy atom. The van der Waals surface area contributed by atoms with Gasteiger partial charge in [-0.3, -0.25) is 9.59 Å². The third kappa shape index (κ3) is 4.84. The van der Waals surface area contributed by atoms with Gasteiger partial charge < -0.3 is 20.7 Å². The maximum atomic E-state index is 12.3. The number of anilines is 1. The van der Waals surface area contributed by atoms with Gasteiger partial charge in [0.1, 0.15) is 0 Å². The predicted molar refractivity (Wildman–Crippen MR) is 87.7 cm³/mol. The molecule has 2 rings (SSSR count). The summed E-state index contributed by atoms with van der Waals surface area (Å²) in [6.45, 7) is 2.48. The van der Waals surface area contributed by atoms with E-state index in [0.29, 0.717) is 42.6 Å². The number of amides is 2. The van der Waals surface area contributed by atoms with Gasteiger partial charge in [-0.2, -0.15) is 0 Å². The van der Waals surface area contributed by atoms with Crippen LogP contribution < -0.4 is 11.1 Å². The summed E-state index contributed by atoms with van der Waals surface area (Å²) >= 11 is 6.15. The molecule has 1 saturated heterocycles. The number of nitrogens with two attached hydrogens (primary N) is 1. The summed E-state index contributed by atoms with van der Waals surface area (Å²) < 4.78 is 5.22.